The minimum absolute atomic E-state index is 0.147. The number of aromatic nitrogens is 1. The van der Waals surface area contributed by atoms with Gasteiger partial charge in [0.1, 0.15) is 5.69 Å². The smallest absolute Gasteiger partial charge is 0.269 e. The fraction of sp³-hybridized carbons (Fsp3) is 0.538. The Morgan fingerprint density at radius 3 is 3.06 bits per heavy atom. The second kappa shape index (κ2) is 6.09. The summed E-state index contributed by atoms with van der Waals surface area (Å²) in [6.45, 7) is 0. The maximum atomic E-state index is 11.5. The first kappa shape index (κ1) is 13.2. The van der Waals surface area contributed by atoms with Crippen LogP contribution in [-0.2, 0) is 0 Å². The van der Waals surface area contributed by atoms with Crippen molar-refractivity contribution >= 4 is 23.4 Å². The first-order chi connectivity index (χ1) is 8.74. The van der Waals surface area contributed by atoms with Crippen LogP contribution in [-0.4, -0.2) is 35.5 Å². The van der Waals surface area contributed by atoms with E-state index in [1.807, 2.05) is 23.9 Å². The maximum Gasteiger partial charge on any atom is 0.269 e. The van der Waals surface area contributed by atoms with Gasteiger partial charge in [0.25, 0.3) is 5.91 Å². The molecule has 1 aliphatic carbocycles. The van der Waals surface area contributed by atoms with Crippen LogP contribution in [0.25, 0.3) is 0 Å². The van der Waals surface area contributed by atoms with Crippen LogP contribution >= 0.6 is 11.8 Å². The molecule has 1 aromatic heterocycles. The molecule has 1 aromatic rings. The molecule has 2 unspecified atom stereocenters. The van der Waals surface area contributed by atoms with E-state index >= 15 is 0 Å². The highest BCUT2D eigenvalue weighted by Gasteiger charge is 2.26. The highest BCUT2D eigenvalue weighted by atomic mass is 32.2. The number of carbonyl (C=O) groups excluding carboxylic acids is 1. The second-order valence-corrected chi connectivity index (χ2v) is 5.54. The van der Waals surface area contributed by atoms with E-state index in [4.69, 9.17) is 0 Å². The molecule has 1 saturated carbocycles. The van der Waals surface area contributed by atoms with E-state index in [2.05, 4.69) is 21.9 Å². The summed E-state index contributed by atoms with van der Waals surface area (Å²) in [5, 5.41) is 6.78. The molecule has 1 amide bonds. The van der Waals surface area contributed by atoms with E-state index in [1.54, 1.807) is 13.2 Å². The Morgan fingerprint density at radius 2 is 2.33 bits per heavy atom. The summed E-state index contributed by atoms with van der Waals surface area (Å²) < 4.78 is 0. The van der Waals surface area contributed by atoms with E-state index < -0.39 is 0 Å². The van der Waals surface area contributed by atoms with Crippen LogP contribution in [0.15, 0.2) is 18.3 Å². The van der Waals surface area contributed by atoms with E-state index in [0.717, 1.165) is 5.69 Å². The van der Waals surface area contributed by atoms with Crippen LogP contribution in [0.4, 0.5) is 5.69 Å². The number of pyridine rings is 1. The van der Waals surface area contributed by atoms with Gasteiger partial charge in [0.2, 0.25) is 0 Å². The van der Waals surface area contributed by atoms with E-state index in [-0.39, 0.29) is 5.91 Å². The number of amides is 1. The van der Waals surface area contributed by atoms with Gasteiger partial charge in [0, 0.05) is 30.2 Å². The zero-order chi connectivity index (χ0) is 13.0. The number of nitrogens with one attached hydrogen (secondary N) is 2. The fourth-order valence-electron chi connectivity index (χ4n) is 2.36. The number of anilines is 1. The van der Waals surface area contributed by atoms with Crippen molar-refractivity contribution in [3.05, 3.63) is 24.0 Å². The third-order valence-electron chi connectivity index (χ3n) is 3.33. The molecule has 98 valence electrons. The van der Waals surface area contributed by atoms with Crippen LogP contribution in [0, 0.1) is 0 Å². The Labute approximate surface area is 112 Å². The summed E-state index contributed by atoms with van der Waals surface area (Å²) in [5.74, 6) is -0.147. The predicted molar refractivity (Wildman–Crippen MR) is 76.2 cm³/mol. The molecule has 1 heterocycles. The van der Waals surface area contributed by atoms with Crippen molar-refractivity contribution in [3.63, 3.8) is 0 Å². The molecule has 5 heteroatoms. The van der Waals surface area contributed by atoms with Crippen LogP contribution < -0.4 is 10.6 Å². The highest BCUT2D eigenvalue weighted by Crippen LogP contribution is 2.30. The summed E-state index contributed by atoms with van der Waals surface area (Å²) in [6.07, 6.45) is 7.58. The lowest BCUT2D eigenvalue weighted by Crippen LogP contribution is -2.26. The van der Waals surface area contributed by atoms with E-state index in [9.17, 15) is 4.79 Å². The van der Waals surface area contributed by atoms with Crippen LogP contribution in [0.5, 0.6) is 0 Å². The van der Waals surface area contributed by atoms with Crippen LogP contribution in [0.1, 0.15) is 29.8 Å². The largest absolute Gasteiger partial charge is 0.381 e. The number of nitrogens with zero attached hydrogens (tertiary/aromatic N) is 1. The van der Waals surface area contributed by atoms with E-state index in [0.29, 0.717) is 17.0 Å². The monoisotopic (exact) mass is 265 g/mol. The Hall–Kier alpha value is -1.23. The molecule has 2 N–H and O–H groups in total. The van der Waals surface area contributed by atoms with Crippen LogP contribution in [0.2, 0.25) is 0 Å². The SMILES string of the molecule is CNC(=O)c1cc(NC2CCCC2SC)ccn1. The topological polar surface area (TPSA) is 54.0 Å². The Balaban J connectivity index is 2.07. The molecule has 0 aromatic carbocycles. The number of thioether (sulfide) groups is 1. The number of hydrogen-bond acceptors (Lipinski definition) is 4. The van der Waals surface area contributed by atoms with Gasteiger partial charge in [-0.2, -0.15) is 11.8 Å². The molecule has 1 aliphatic rings. The van der Waals surface area contributed by atoms with Gasteiger partial charge in [-0.1, -0.05) is 6.42 Å². The third kappa shape index (κ3) is 2.96. The van der Waals surface area contributed by atoms with Gasteiger partial charge in [-0.25, -0.2) is 0 Å². The Bertz CT molecular complexity index is 424. The molecule has 0 saturated heterocycles. The third-order valence-corrected chi connectivity index (χ3v) is 4.50. The Morgan fingerprint density at radius 1 is 1.50 bits per heavy atom. The lowest BCUT2D eigenvalue weighted by Gasteiger charge is -2.20. The van der Waals surface area contributed by atoms with Gasteiger partial charge in [-0.3, -0.25) is 9.78 Å². The number of carbonyl (C=O) groups is 1. The van der Waals surface area contributed by atoms with Crippen molar-refractivity contribution in [2.75, 3.05) is 18.6 Å². The quantitative estimate of drug-likeness (QED) is 0.876. The van der Waals surface area contributed by atoms with Gasteiger partial charge >= 0.3 is 0 Å². The van der Waals surface area contributed by atoms with Gasteiger partial charge in [-0.15, -0.1) is 0 Å². The fourth-order valence-corrected chi connectivity index (χ4v) is 3.29. The summed E-state index contributed by atoms with van der Waals surface area (Å²) in [5.41, 5.74) is 1.44. The van der Waals surface area contributed by atoms with Crippen molar-refractivity contribution in [1.82, 2.24) is 10.3 Å². The molecular formula is C13H19N3OS. The molecule has 18 heavy (non-hydrogen) atoms. The first-order valence-electron chi connectivity index (χ1n) is 6.22. The van der Waals surface area contributed by atoms with Gasteiger partial charge in [0.15, 0.2) is 0 Å². The standard InChI is InChI=1S/C13H19N3OS/c1-14-13(17)11-8-9(6-7-15-11)16-10-4-3-5-12(10)18-2/h6-8,10,12H,3-5H2,1-2H3,(H,14,17)(H,15,16). The number of rotatable bonds is 4. The Kier molecular flexibility index (Phi) is 4.47. The lowest BCUT2D eigenvalue weighted by molar-refractivity contribution is 0.0958. The molecule has 0 spiro atoms. The zero-order valence-electron chi connectivity index (χ0n) is 10.8. The molecule has 0 aliphatic heterocycles. The highest BCUT2D eigenvalue weighted by molar-refractivity contribution is 7.99. The van der Waals surface area contributed by atoms with E-state index in [1.165, 1.54) is 19.3 Å². The minimum Gasteiger partial charge on any atom is -0.381 e. The molecule has 4 nitrogen and oxygen atoms in total. The summed E-state index contributed by atoms with van der Waals surface area (Å²) in [7, 11) is 1.62. The molecule has 1 fully saturated rings. The van der Waals surface area contributed by atoms with Gasteiger partial charge in [-0.05, 0) is 31.2 Å². The zero-order valence-corrected chi connectivity index (χ0v) is 11.6. The lowest BCUT2D eigenvalue weighted by atomic mass is 10.2. The predicted octanol–water partition coefficient (Wildman–Crippen LogP) is 2.14. The van der Waals surface area contributed by atoms with Gasteiger partial charge in [0.05, 0.1) is 0 Å². The molecule has 0 bridgehead atoms. The first-order valence-corrected chi connectivity index (χ1v) is 7.51. The summed E-state index contributed by atoms with van der Waals surface area (Å²) in [6, 6.07) is 4.23. The van der Waals surface area contributed by atoms with Crippen molar-refractivity contribution in [3.8, 4) is 0 Å². The normalized spacial score (nSPS) is 22.8. The average molecular weight is 265 g/mol. The van der Waals surface area contributed by atoms with Crippen molar-refractivity contribution in [2.24, 2.45) is 0 Å². The van der Waals surface area contributed by atoms with Crippen molar-refractivity contribution in [1.29, 1.82) is 0 Å². The second-order valence-electron chi connectivity index (χ2n) is 4.46. The van der Waals surface area contributed by atoms with Crippen molar-refractivity contribution < 1.29 is 4.79 Å². The summed E-state index contributed by atoms with van der Waals surface area (Å²) in [4.78, 5) is 15.6. The summed E-state index contributed by atoms with van der Waals surface area (Å²) >= 11 is 1.92. The van der Waals surface area contributed by atoms with Crippen molar-refractivity contribution in [2.45, 2.75) is 30.6 Å². The molecular weight excluding hydrogens is 246 g/mol. The average Bonchev–Trinajstić information content (AvgIpc) is 2.85. The molecule has 0 radical (unpaired) electrons. The number of hydrogen-bond donors (Lipinski definition) is 2. The minimum atomic E-state index is -0.147. The molecule has 2 rings (SSSR count). The maximum absolute atomic E-state index is 11.5. The van der Waals surface area contributed by atoms with Crippen LogP contribution in [0.3, 0.4) is 0 Å². The molecule has 2 atom stereocenters. The van der Waals surface area contributed by atoms with Gasteiger partial charge < -0.3 is 10.6 Å².